The molecule has 196 valence electrons. The topological polar surface area (TPSA) is 26.3 Å². The Hall–Kier alpha value is -2.23. The quantitative estimate of drug-likeness (QED) is 0.382. The third-order valence-corrected chi connectivity index (χ3v) is 9.94. The van der Waals surface area contributed by atoms with Crippen LogP contribution in [0.1, 0.15) is 84.6 Å². The molecule has 0 radical (unpaired) electrons. The summed E-state index contributed by atoms with van der Waals surface area (Å²) in [5.74, 6) is 0.733. The second kappa shape index (κ2) is 10.3. The first-order valence-corrected chi connectivity index (χ1v) is 13.7. The summed E-state index contributed by atoms with van der Waals surface area (Å²) >= 11 is 0. The SMILES string of the molecule is Cc1ccc(-c2ccc(OC(F)(F)C3CCC(C(C)(C)C(C)(C)C4CCC(=O)CC4)CC3)cc2)cc1. The van der Waals surface area contributed by atoms with Gasteiger partial charge in [0.1, 0.15) is 11.5 Å². The van der Waals surface area contributed by atoms with E-state index >= 15 is 8.78 Å². The van der Waals surface area contributed by atoms with Gasteiger partial charge in [-0.1, -0.05) is 69.7 Å². The van der Waals surface area contributed by atoms with Crippen LogP contribution in [0.2, 0.25) is 0 Å². The fourth-order valence-electron chi connectivity index (χ4n) is 6.57. The van der Waals surface area contributed by atoms with Gasteiger partial charge in [-0.3, -0.25) is 4.79 Å². The van der Waals surface area contributed by atoms with Crippen LogP contribution in [-0.4, -0.2) is 11.9 Å². The molecule has 2 aliphatic carbocycles. The summed E-state index contributed by atoms with van der Waals surface area (Å²) in [6.07, 6.45) is 2.64. The largest absolute Gasteiger partial charge is 0.432 e. The molecule has 4 rings (SSSR count). The first kappa shape index (κ1) is 26.8. The molecule has 0 heterocycles. The van der Waals surface area contributed by atoms with E-state index in [1.54, 1.807) is 12.1 Å². The van der Waals surface area contributed by atoms with E-state index in [1.807, 2.05) is 43.3 Å². The summed E-state index contributed by atoms with van der Waals surface area (Å²) in [7, 11) is 0. The van der Waals surface area contributed by atoms with Crippen LogP contribution in [0.4, 0.5) is 8.78 Å². The Morgan fingerprint density at radius 2 is 1.08 bits per heavy atom. The maximum atomic E-state index is 15.2. The molecule has 2 fully saturated rings. The highest BCUT2D eigenvalue weighted by Crippen LogP contribution is 2.57. The van der Waals surface area contributed by atoms with Crippen LogP contribution in [0.3, 0.4) is 0 Å². The number of hydrogen-bond donors (Lipinski definition) is 0. The minimum Gasteiger partial charge on any atom is -0.432 e. The highest BCUT2D eigenvalue weighted by molar-refractivity contribution is 5.79. The van der Waals surface area contributed by atoms with Crippen LogP contribution in [0.5, 0.6) is 5.75 Å². The third-order valence-electron chi connectivity index (χ3n) is 9.94. The van der Waals surface area contributed by atoms with E-state index in [0.717, 1.165) is 36.8 Å². The van der Waals surface area contributed by atoms with Crippen molar-refractivity contribution >= 4 is 5.78 Å². The number of rotatable bonds is 7. The molecule has 0 amide bonds. The van der Waals surface area contributed by atoms with Crippen molar-refractivity contribution in [2.75, 3.05) is 0 Å². The smallest absolute Gasteiger partial charge is 0.400 e. The lowest BCUT2D eigenvalue weighted by Gasteiger charge is -2.54. The number of hydrogen-bond acceptors (Lipinski definition) is 2. The van der Waals surface area contributed by atoms with Crippen molar-refractivity contribution < 1.29 is 18.3 Å². The summed E-state index contributed by atoms with van der Waals surface area (Å²) in [6.45, 7) is 11.3. The number of ketones is 1. The molecule has 0 saturated heterocycles. The van der Waals surface area contributed by atoms with Gasteiger partial charge in [-0.15, -0.1) is 0 Å². The Morgan fingerprint density at radius 1 is 0.667 bits per heavy atom. The maximum absolute atomic E-state index is 15.2. The summed E-state index contributed by atoms with van der Waals surface area (Å²) in [4.78, 5) is 11.8. The zero-order valence-electron chi connectivity index (χ0n) is 22.6. The van der Waals surface area contributed by atoms with E-state index in [-0.39, 0.29) is 16.6 Å². The zero-order chi connectivity index (χ0) is 26.1. The van der Waals surface area contributed by atoms with Crippen molar-refractivity contribution in [3.8, 4) is 16.9 Å². The number of aryl methyl sites for hydroxylation is 1. The third kappa shape index (κ3) is 5.53. The zero-order valence-corrected chi connectivity index (χ0v) is 22.6. The Labute approximate surface area is 215 Å². The second-order valence-corrected chi connectivity index (χ2v) is 12.4. The van der Waals surface area contributed by atoms with Gasteiger partial charge in [0.05, 0.1) is 5.92 Å². The molecule has 0 atom stereocenters. The molecule has 0 spiro atoms. The molecule has 2 aromatic carbocycles. The van der Waals surface area contributed by atoms with Gasteiger partial charge >= 0.3 is 6.11 Å². The highest BCUT2D eigenvalue weighted by Gasteiger charge is 2.51. The highest BCUT2D eigenvalue weighted by atomic mass is 19.3. The second-order valence-electron chi connectivity index (χ2n) is 12.4. The first-order chi connectivity index (χ1) is 16.9. The molecule has 2 saturated carbocycles. The fourth-order valence-corrected chi connectivity index (χ4v) is 6.57. The average Bonchev–Trinajstić information content (AvgIpc) is 2.85. The summed E-state index contributed by atoms with van der Waals surface area (Å²) in [6, 6.07) is 15.1. The van der Waals surface area contributed by atoms with Gasteiger partial charge < -0.3 is 4.74 Å². The summed E-state index contributed by atoms with van der Waals surface area (Å²) < 4.78 is 35.7. The van der Waals surface area contributed by atoms with Crippen molar-refractivity contribution in [1.29, 1.82) is 0 Å². The predicted molar refractivity (Wildman–Crippen MR) is 142 cm³/mol. The molecule has 0 unspecified atom stereocenters. The summed E-state index contributed by atoms with van der Waals surface area (Å²) in [5, 5.41) is 0. The van der Waals surface area contributed by atoms with Gasteiger partial charge in [-0.25, -0.2) is 0 Å². The molecule has 0 aromatic heterocycles. The monoisotopic (exact) mass is 496 g/mol. The van der Waals surface area contributed by atoms with Gasteiger partial charge in [0.15, 0.2) is 0 Å². The number of halogens is 2. The Bertz CT molecular complexity index is 1020. The van der Waals surface area contributed by atoms with Crippen LogP contribution in [0.25, 0.3) is 11.1 Å². The number of alkyl halides is 2. The van der Waals surface area contributed by atoms with E-state index in [4.69, 9.17) is 4.74 Å². The fraction of sp³-hybridized carbons (Fsp3) is 0.594. The minimum absolute atomic E-state index is 0.0188. The van der Waals surface area contributed by atoms with Crippen molar-refractivity contribution in [3.05, 3.63) is 54.1 Å². The molecule has 2 aliphatic rings. The standard InChI is InChI=1S/C32H42F2O2/c1-22-6-8-23(9-7-22)24-10-20-29(21-11-24)36-32(33,34)27-14-12-25(13-15-27)30(2,3)31(4,5)26-16-18-28(35)19-17-26/h6-11,20-21,25-27H,12-19H2,1-5H3. The van der Waals surface area contributed by atoms with Crippen LogP contribution in [0.15, 0.2) is 48.5 Å². The number of benzene rings is 2. The van der Waals surface area contributed by atoms with E-state index < -0.39 is 12.0 Å². The van der Waals surface area contributed by atoms with Gasteiger partial charge in [-0.2, -0.15) is 8.78 Å². The predicted octanol–water partition coefficient (Wildman–Crippen LogP) is 9.25. The Kier molecular flexibility index (Phi) is 7.65. The van der Waals surface area contributed by atoms with Crippen LogP contribution < -0.4 is 4.74 Å². The molecule has 0 aliphatic heterocycles. The molecule has 2 aromatic rings. The van der Waals surface area contributed by atoms with Crippen molar-refractivity contribution in [3.63, 3.8) is 0 Å². The molecular formula is C32H42F2O2. The average molecular weight is 497 g/mol. The van der Waals surface area contributed by atoms with Crippen LogP contribution >= 0.6 is 0 Å². The number of carbonyl (C=O) groups excluding carboxylic acids is 1. The lowest BCUT2D eigenvalue weighted by Crippen LogP contribution is -2.47. The van der Waals surface area contributed by atoms with Gasteiger partial charge in [-0.05, 0) is 91.4 Å². The number of Topliss-reactive ketones (excluding diaryl/α,β-unsaturated/α-hetero) is 1. The van der Waals surface area contributed by atoms with Crippen molar-refractivity contribution in [1.82, 2.24) is 0 Å². The van der Waals surface area contributed by atoms with Crippen LogP contribution in [-0.2, 0) is 4.79 Å². The van der Waals surface area contributed by atoms with Crippen LogP contribution in [0, 0.1) is 35.5 Å². The molecule has 36 heavy (non-hydrogen) atoms. The minimum atomic E-state index is -3.18. The first-order valence-electron chi connectivity index (χ1n) is 13.7. The van der Waals surface area contributed by atoms with E-state index in [1.165, 1.54) is 5.56 Å². The van der Waals surface area contributed by atoms with Gasteiger partial charge in [0.25, 0.3) is 0 Å². The molecular weight excluding hydrogens is 454 g/mol. The number of carbonyl (C=O) groups is 1. The van der Waals surface area contributed by atoms with Crippen molar-refractivity contribution in [2.45, 2.75) is 92.1 Å². The normalized spacial score (nSPS) is 22.5. The summed E-state index contributed by atoms with van der Waals surface area (Å²) in [5.41, 5.74) is 3.31. The maximum Gasteiger partial charge on any atom is 0.400 e. The van der Waals surface area contributed by atoms with E-state index in [0.29, 0.717) is 43.3 Å². The van der Waals surface area contributed by atoms with Gasteiger partial charge in [0, 0.05) is 12.8 Å². The number of ether oxygens (including phenoxy) is 1. The lowest BCUT2D eigenvalue weighted by atomic mass is 9.51. The van der Waals surface area contributed by atoms with Crippen molar-refractivity contribution in [2.24, 2.45) is 28.6 Å². The molecule has 2 nitrogen and oxygen atoms in total. The molecule has 0 bridgehead atoms. The molecule has 0 N–H and O–H groups in total. The van der Waals surface area contributed by atoms with E-state index in [9.17, 15) is 4.79 Å². The van der Waals surface area contributed by atoms with Gasteiger partial charge in [0.2, 0.25) is 0 Å². The Morgan fingerprint density at radius 3 is 1.58 bits per heavy atom. The Balaban J connectivity index is 1.36. The molecule has 4 heteroatoms. The lowest BCUT2D eigenvalue weighted by molar-refractivity contribution is -0.226. The van der Waals surface area contributed by atoms with E-state index in [2.05, 4.69) is 27.7 Å².